The van der Waals surface area contributed by atoms with Gasteiger partial charge in [-0.05, 0) is 12.5 Å². The van der Waals surface area contributed by atoms with E-state index in [2.05, 4.69) is 10.3 Å². The minimum atomic E-state index is -1.08. The van der Waals surface area contributed by atoms with Crippen LogP contribution < -0.4 is 5.32 Å². The topological polar surface area (TPSA) is 88.5 Å². The van der Waals surface area contributed by atoms with Gasteiger partial charge in [0, 0.05) is 19.0 Å². The molecule has 0 saturated carbocycles. The van der Waals surface area contributed by atoms with Gasteiger partial charge in [0.1, 0.15) is 0 Å². The Morgan fingerprint density at radius 2 is 2.33 bits per heavy atom. The van der Waals surface area contributed by atoms with Crippen molar-refractivity contribution < 1.29 is 19.4 Å². The average Bonchev–Trinajstić information content (AvgIpc) is 2.77. The van der Waals surface area contributed by atoms with Crippen LogP contribution in [-0.2, 0) is 9.53 Å². The van der Waals surface area contributed by atoms with Crippen molar-refractivity contribution in [3.05, 3.63) is 29.0 Å². The molecule has 2 rings (SSSR count). The summed E-state index contributed by atoms with van der Waals surface area (Å²) >= 11 is 5.83. The molecule has 0 aliphatic carbocycles. The Morgan fingerprint density at radius 3 is 3.00 bits per heavy atom. The molecule has 96 valence electrons. The number of carboxylic acids is 1. The minimum absolute atomic E-state index is 0.223. The Bertz CT molecular complexity index is 480. The Hall–Kier alpha value is -1.66. The van der Waals surface area contributed by atoms with Crippen LogP contribution in [0.25, 0.3) is 0 Å². The zero-order chi connectivity index (χ0) is 13.1. The molecule has 2 N–H and O–H groups in total. The SMILES string of the molecule is O=C(N[C@H]1CCO[C@H]1C(=O)O)c1ccncc1Cl. The minimum Gasteiger partial charge on any atom is -0.479 e. The fourth-order valence-electron chi connectivity index (χ4n) is 1.79. The van der Waals surface area contributed by atoms with E-state index >= 15 is 0 Å². The molecule has 18 heavy (non-hydrogen) atoms. The van der Waals surface area contributed by atoms with E-state index in [1.807, 2.05) is 0 Å². The Kier molecular flexibility index (Phi) is 3.78. The van der Waals surface area contributed by atoms with Crippen molar-refractivity contribution in [2.45, 2.75) is 18.6 Å². The van der Waals surface area contributed by atoms with Crippen LogP contribution in [0.2, 0.25) is 5.02 Å². The second-order valence-electron chi connectivity index (χ2n) is 3.85. The van der Waals surface area contributed by atoms with Crippen LogP contribution in [0, 0.1) is 0 Å². The fourth-order valence-corrected chi connectivity index (χ4v) is 1.99. The van der Waals surface area contributed by atoms with E-state index in [1.165, 1.54) is 18.5 Å². The van der Waals surface area contributed by atoms with Gasteiger partial charge in [0.2, 0.25) is 0 Å². The molecule has 1 aromatic rings. The van der Waals surface area contributed by atoms with Crippen LogP contribution in [0.1, 0.15) is 16.8 Å². The van der Waals surface area contributed by atoms with Gasteiger partial charge in [0.25, 0.3) is 5.91 Å². The molecule has 0 spiro atoms. The summed E-state index contributed by atoms with van der Waals surface area (Å²) in [4.78, 5) is 26.6. The number of nitrogens with zero attached hydrogens (tertiary/aromatic N) is 1. The Balaban J connectivity index is 2.08. The number of carboxylic acid groups (broad SMARTS) is 1. The van der Waals surface area contributed by atoms with Gasteiger partial charge in [-0.15, -0.1) is 0 Å². The number of carbonyl (C=O) groups is 2. The molecule has 6 nitrogen and oxygen atoms in total. The maximum absolute atomic E-state index is 11.9. The number of rotatable bonds is 3. The molecule has 2 atom stereocenters. The number of nitrogens with one attached hydrogen (secondary N) is 1. The van der Waals surface area contributed by atoms with Crippen LogP contribution in [0.5, 0.6) is 0 Å². The van der Waals surface area contributed by atoms with Crippen LogP contribution in [-0.4, -0.2) is 40.7 Å². The van der Waals surface area contributed by atoms with Crippen LogP contribution in [0.4, 0.5) is 0 Å². The summed E-state index contributed by atoms with van der Waals surface area (Å²) in [6, 6.07) is 0.933. The molecule has 0 aromatic carbocycles. The van der Waals surface area contributed by atoms with Gasteiger partial charge in [0.15, 0.2) is 6.10 Å². The molecular weight excluding hydrogens is 260 g/mol. The third-order valence-electron chi connectivity index (χ3n) is 2.67. The third-order valence-corrected chi connectivity index (χ3v) is 2.97. The number of halogens is 1. The lowest BCUT2D eigenvalue weighted by Gasteiger charge is -2.16. The molecule has 1 fully saturated rings. The normalized spacial score (nSPS) is 22.7. The molecule has 7 heteroatoms. The fraction of sp³-hybridized carbons (Fsp3) is 0.364. The lowest BCUT2D eigenvalue weighted by atomic mass is 10.1. The first kappa shape index (κ1) is 12.8. The quantitative estimate of drug-likeness (QED) is 0.844. The monoisotopic (exact) mass is 270 g/mol. The number of ether oxygens (including phenoxy) is 1. The van der Waals surface area contributed by atoms with E-state index in [4.69, 9.17) is 21.4 Å². The first-order valence-electron chi connectivity index (χ1n) is 5.34. The number of hydrogen-bond acceptors (Lipinski definition) is 4. The standard InChI is InChI=1S/C11H11ClN2O4/c12-7-5-13-3-1-6(7)10(15)14-8-2-4-18-9(8)11(16)17/h1,3,5,8-9H,2,4H2,(H,14,15)(H,16,17)/t8-,9+/m0/s1. The predicted octanol–water partition coefficient (Wildman–Crippen LogP) is 0.707. The summed E-state index contributed by atoms with van der Waals surface area (Å²) < 4.78 is 5.03. The van der Waals surface area contributed by atoms with Gasteiger partial charge in [-0.1, -0.05) is 11.6 Å². The molecule has 1 aliphatic rings. The van der Waals surface area contributed by atoms with E-state index in [0.29, 0.717) is 13.0 Å². The first-order valence-corrected chi connectivity index (χ1v) is 5.72. The van der Waals surface area contributed by atoms with Crippen LogP contribution >= 0.6 is 11.6 Å². The smallest absolute Gasteiger partial charge is 0.334 e. The van der Waals surface area contributed by atoms with Gasteiger partial charge in [-0.3, -0.25) is 9.78 Å². The largest absolute Gasteiger partial charge is 0.479 e. The van der Waals surface area contributed by atoms with E-state index < -0.39 is 24.0 Å². The summed E-state index contributed by atoms with van der Waals surface area (Å²) in [6.07, 6.45) is 2.26. The highest BCUT2D eigenvalue weighted by molar-refractivity contribution is 6.33. The summed E-state index contributed by atoms with van der Waals surface area (Å²) in [5.41, 5.74) is 0.266. The first-order chi connectivity index (χ1) is 8.59. The molecule has 1 amide bonds. The predicted molar refractivity (Wildman–Crippen MR) is 62.5 cm³/mol. The van der Waals surface area contributed by atoms with Crippen molar-refractivity contribution >= 4 is 23.5 Å². The number of pyridine rings is 1. The van der Waals surface area contributed by atoms with Gasteiger partial charge in [0.05, 0.1) is 16.6 Å². The van der Waals surface area contributed by atoms with Crippen LogP contribution in [0.15, 0.2) is 18.5 Å². The Labute approximate surface area is 108 Å². The van der Waals surface area contributed by atoms with Crippen molar-refractivity contribution in [1.29, 1.82) is 0 Å². The summed E-state index contributed by atoms with van der Waals surface area (Å²) in [6.45, 7) is 0.311. The molecule has 0 bridgehead atoms. The van der Waals surface area contributed by atoms with E-state index in [-0.39, 0.29) is 10.6 Å². The highest BCUT2D eigenvalue weighted by Crippen LogP contribution is 2.17. The van der Waals surface area contributed by atoms with Crippen molar-refractivity contribution in [2.24, 2.45) is 0 Å². The summed E-state index contributed by atoms with van der Waals surface area (Å²) in [5.74, 6) is -1.51. The molecule has 1 aliphatic heterocycles. The van der Waals surface area contributed by atoms with E-state index in [9.17, 15) is 9.59 Å². The second-order valence-corrected chi connectivity index (χ2v) is 4.26. The average molecular weight is 271 g/mol. The van der Waals surface area contributed by atoms with Crippen molar-refractivity contribution in [1.82, 2.24) is 10.3 Å². The highest BCUT2D eigenvalue weighted by Gasteiger charge is 2.35. The molecule has 0 radical (unpaired) electrons. The Morgan fingerprint density at radius 1 is 1.56 bits per heavy atom. The number of carbonyl (C=O) groups excluding carboxylic acids is 1. The van der Waals surface area contributed by atoms with Gasteiger partial charge < -0.3 is 15.2 Å². The molecular formula is C11H11ClN2O4. The summed E-state index contributed by atoms with van der Waals surface area (Å²) in [5, 5.41) is 11.7. The van der Waals surface area contributed by atoms with Crippen molar-refractivity contribution in [2.75, 3.05) is 6.61 Å². The maximum Gasteiger partial charge on any atom is 0.334 e. The lowest BCUT2D eigenvalue weighted by Crippen LogP contribution is -2.44. The van der Waals surface area contributed by atoms with Crippen molar-refractivity contribution in [3.8, 4) is 0 Å². The van der Waals surface area contributed by atoms with E-state index in [0.717, 1.165) is 0 Å². The lowest BCUT2D eigenvalue weighted by molar-refractivity contribution is -0.148. The second kappa shape index (κ2) is 5.32. The zero-order valence-electron chi connectivity index (χ0n) is 9.30. The van der Waals surface area contributed by atoms with Gasteiger partial charge in [-0.25, -0.2) is 4.79 Å². The molecule has 1 saturated heterocycles. The molecule has 1 aromatic heterocycles. The number of aromatic nitrogens is 1. The number of hydrogen-bond donors (Lipinski definition) is 2. The van der Waals surface area contributed by atoms with Gasteiger partial charge >= 0.3 is 5.97 Å². The van der Waals surface area contributed by atoms with E-state index in [1.54, 1.807) is 0 Å². The highest BCUT2D eigenvalue weighted by atomic mass is 35.5. The maximum atomic E-state index is 11.9. The van der Waals surface area contributed by atoms with Gasteiger partial charge in [-0.2, -0.15) is 0 Å². The van der Waals surface area contributed by atoms with Crippen molar-refractivity contribution in [3.63, 3.8) is 0 Å². The number of amides is 1. The third kappa shape index (κ3) is 2.60. The molecule has 2 heterocycles. The summed E-state index contributed by atoms with van der Waals surface area (Å²) in [7, 11) is 0. The molecule has 0 unspecified atom stereocenters. The number of aliphatic carboxylic acids is 1. The zero-order valence-corrected chi connectivity index (χ0v) is 10.1. The van der Waals surface area contributed by atoms with Crippen LogP contribution in [0.3, 0.4) is 0 Å².